The van der Waals surface area contributed by atoms with Gasteiger partial charge in [-0.25, -0.2) is 4.79 Å². The van der Waals surface area contributed by atoms with Gasteiger partial charge in [-0.2, -0.15) is 0 Å². The van der Waals surface area contributed by atoms with Crippen LogP contribution >= 0.6 is 0 Å². The molecule has 7 heteroatoms. The van der Waals surface area contributed by atoms with Gasteiger partial charge in [-0.1, -0.05) is 0 Å². The van der Waals surface area contributed by atoms with E-state index in [9.17, 15) is 14.4 Å². The standard InChI is InChI=1S/C17H19NO6/c1-8-9(2)17(22)24-14-7-12(5-6-13(8)14)23-11(4)15(19)18-10(3)16(20)21/h5-7,10-11H,1-4H3,(H,18,19)(H,20,21). The van der Waals surface area contributed by atoms with Crippen molar-refractivity contribution >= 4 is 22.8 Å². The number of carboxylic acids is 1. The Bertz CT molecular complexity index is 854. The molecule has 2 aromatic rings. The number of hydrogen-bond acceptors (Lipinski definition) is 5. The molecule has 0 radical (unpaired) electrons. The third-order valence-corrected chi connectivity index (χ3v) is 3.84. The van der Waals surface area contributed by atoms with E-state index in [1.165, 1.54) is 19.9 Å². The molecule has 0 fully saturated rings. The highest BCUT2D eigenvalue weighted by atomic mass is 16.5. The Balaban J connectivity index is 2.21. The fourth-order valence-electron chi connectivity index (χ4n) is 2.15. The minimum Gasteiger partial charge on any atom is -0.481 e. The minimum atomic E-state index is -1.13. The van der Waals surface area contributed by atoms with Crippen molar-refractivity contribution in [3.8, 4) is 5.75 Å². The lowest BCUT2D eigenvalue weighted by Gasteiger charge is -2.17. The van der Waals surface area contributed by atoms with Crippen molar-refractivity contribution in [1.29, 1.82) is 0 Å². The van der Waals surface area contributed by atoms with Crippen molar-refractivity contribution < 1.29 is 23.8 Å². The highest BCUT2D eigenvalue weighted by molar-refractivity contribution is 5.86. The summed E-state index contributed by atoms with van der Waals surface area (Å²) in [6.45, 7) is 6.40. The molecule has 1 aromatic carbocycles. The number of hydrogen-bond donors (Lipinski definition) is 2. The normalized spacial score (nSPS) is 13.3. The first-order valence-corrected chi connectivity index (χ1v) is 7.44. The lowest BCUT2D eigenvalue weighted by molar-refractivity contribution is -0.142. The molecule has 1 aromatic heterocycles. The lowest BCUT2D eigenvalue weighted by atomic mass is 10.1. The molecule has 0 saturated heterocycles. The van der Waals surface area contributed by atoms with Crippen LogP contribution in [0.1, 0.15) is 25.0 Å². The van der Waals surface area contributed by atoms with Crippen molar-refractivity contribution in [1.82, 2.24) is 5.32 Å². The average Bonchev–Trinajstić information content (AvgIpc) is 2.52. The average molecular weight is 333 g/mol. The van der Waals surface area contributed by atoms with Crippen LogP contribution in [0.5, 0.6) is 5.75 Å². The van der Waals surface area contributed by atoms with Gasteiger partial charge in [0.05, 0.1) is 0 Å². The number of aliphatic carboxylic acids is 1. The summed E-state index contributed by atoms with van der Waals surface area (Å²) in [6, 6.07) is 3.94. The number of ether oxygens (including phenoxy) is 1. The van der Waals surface area contributed by atoms with Gasteiger partial charge in [0.25, 0.3) is 5.91 Å². The van der Waals surface area contributed by atoms with Crippen LogP contribution < -0.4 is 15.7 Å². The number of aryl methyl sites for hydroxylation is 1. The summed E-state index contributed by atoms with van der Waals surface area (Å²) in [6.07, 6.45) is -0.900. The molecule has 2 rings (SSSR count). The van der Waals surface area contributed by atoms with Gasteiger partial charge < -0.3 is 19.6 Å². The summed E-state index contributed by atoms with van der Waals surface area (Å²) in [5.41, 5.74) is 1.32. The maximum absolute atomic E-state index is 11.9. The summed E-state index contributed by atoms with van der Waals surface area (Å²) in [7, 11) is 0. The number of fused-ring (bicyclic) bond motifs is 1. The fraction of sp³-hybridized carbons (Fsp3) is 0.353. The smallest absolute Gasteiger partial charge is 0.339 e. The molecule has 0 aliphatic rings. The van der Waals surface area contributed by atoms with Gasteiger partial charge in [0.2, 0.25) is 0 Å². The summed E-state index contributed by atoms with van der Waals surface area (Å²) < 4.78 is 10.7. The highest BCUT2D eigenvalue weighted by Gasteiger charge is 2.20. The molecule has 1 amide bonds. The number of carbonyl (C=O) groups is 2. The molecule has 24 heavy (non-hydrogen) atoms. The van der Waals surface area contributed by atoms with E-state index in [0.717, 1.165) is 10.9 Å². The van der Waals surface area contributed by atoms with Crippen LogP contribution in [0.15, 0.2) is 27.4 Å². The number of amides is 1. The van der Waals surface area contributed by atoms with E-state index >= 15 is 0 Å². The van der Waals surface area contributed by atoms with Crippen LogP contribution in [0.2, 0.25) is 0 Å². The molecule has 7 nitrogen and oxygen atoms in total. The van der Waals surface area contributed by atoms with Crippen molar-refractivity contribution in [2.45, 2.75) is 39.8 Å². The van der Waals surface area contributed by atoms with Gasteiger partial charge in [-0.3, -0.25) is 9.59 Å². The maximum atomic E-state index is 11.9. The number of rotatable bonds is 5. The predicted molar refractivity (Wildman–Crippen MR) is 87.3 cm³/mol. The Kier molecular flexibility index (Phi) is 4.92. The summed E-state index contributed by atoms with van der Waals surface area (Å²) in [4.78, 5) is 34.4. The third kappa shape index (κ3) is 3.56. The SMILES string of the molecule is Cc1c(C)c2ccc(OC(C)C(=O)NC(C)C(=O)O)cc2oc1=O. The molecule has 0 saturated carbocycles. The Morgan fingerprint density at radius 2 is 1.88 bits per heavy atom. The van der Waals surface area contributed by atoms with E-state index in [4.69, 9.17) is 14.3 Å². The number of carboxylic acid groups (broad SMARTS) is 1. The fourth-order valence-corrected chi connectivity index (χ4v) is 2.15. The van der Waals surface area contributed by atoms with E-state index in [1.807, 2.05) is 6.92 Å². The molecule has 2 N–H and O–H groups in total. The van der Waals surface area contributed by atoms with Gasteiger partial charge in [0, 0.05) is 17.0 Å². The monoisotopic (exact) mass is 333 g/mol. The van der Waals surface area contributed by atoms with Crippen LogP contribution in [0.3, 0.4) is 0 Å². The van der Waals surface area contributed by atoms with E-state index in [1.54, 1.807) is 19.1 Å². The summed E-state index contributed by atoms with van der Waals surface area (Å²) in [5, 5.41) is 11.9. The second-order valence-corrected chi connectivity index (χ2v) is 5.63. The lowest BCUT2D eigenvalue weighted by Crippen LogP contribution is -2.44. The van der Waals surface area contributed by atoms with Gasteiger partial charge in [0.15, 0.2) is 6.10 Å². The number of carbonyl (C=O) groups excluding carboxylic acids is 1. The minimum absolute atomic E-state index is 0.347. The first-order chi connectivity index (χ1) is 11.2. The molecule has 1 heterocycles. The third-order valence-electron chi connectivity index (χ3n) is 3.84. The van der Waals surface area contributed by atoms with E-state index in [-0.39, 0.29) is 0 Å². The molecule has 0 spiro atoms. The van der Waals surface area contributed by atoms with Crippen molar-refractivity contribution in [3.05, 3.63) is 39.7 Å². The maximum Gasteiger partial charge on any atom is 0.339 e. The first-order valence-electron chi connectivity index (χ1n) is 7.44. The van der Waals surface area contributed by atoms with Gasteiger partial charge >= 0.3 is 11.6 Å². The predicted octanol–water partition coefficient (Wildman–Crippen LogP) is 1.77. The molecule has 128 valence electrons. The Morgan fingerprint density at radius 3 is 2.50 bits per heavy atom. The Morgan fingerprint density at radius 1 is 1.21 bits per heavy atom. The number of benzene rings is 1. The Labute approximate surface area is 138 Å². The van der Waals surface area contributed by atoms with E-state index in [0.29, 0.717) is 16.9 Å². The molecule has 2 unspecified atom stereocenters. The molecule has 0 aliphatic heterocycles. The van der Waals surface area contributed by atoms with Crippen LogP contribution in [0.4, 0.5) is 0 Å². The van der Waals surface area contributed by atoms with Crippen molar-refractivity contribution in [3.63, 3.8) is 0 Å². The summed E-state index contributed by atoms with van der Waals surface area (Å²) in [5.74, 6) is -1.33. The molecule has 0 bridgehead atoms. The molecule has 2 atom stereocenters. The molecule has 0 aliphatic carbocycles. The van der Waals surface area contributed by atoms with Crippen molar-refractivity contribution in [2.24, 2.45) is 0 Å². The second kappa shape index (κ2) is 6.74. The van der Waals surface area contributed by atoms with Gasteiger partial charge in [-0.05, 0) is 45.4 Å². The Hall–Kier alpha value is -2.83. The van der Waals surface area contributed by atoms with Gasteiger partial charge in [0.1, 0.15) is 17.4 Å². The van der Waals surface area contributed by atoms with E-state index in [2.05, 4.69) is 5.32 Å². The first kappa shape index (κ1) is 17.5. The van der Waals surface area contributed by atoms with Crippen LogP contribution in [-0.2, 0) is 9.59 Å². The molecular weight excluding hydrogens is 314 g/mol. The van der Waals surface area contributed by atoms with Crippen LogP contribution in [0.25, 0.3) is 11.0 Å². The number of nitrogens with one attached hydrogen (secondary N) is 1. The van der Waals surface area contributed by atoms with Gasteiger partial charge in [-0.15, -0.1) is 0 Å². The van der Waals surface area contributed by atoms with Crippen LogP contribution in [0, 0.1) is 13.8 Å². The van der Waals surface area contributed by atoms with Crippen LogP contribution in [-0.4, -0.2) is 29.1 Å². The zero-order valence-electron chi connectivity index (χ0n) is 13.9. The largest absolute Gasteiger partial charge is 0.481 e. The topological polar surface area (TPSA) is 106 Å². The van der Waals surface area contributed by atoms with E-state index < -0.39 is 29.6 Å². The zero-order chi connectivity index (χ0) is 18.0. The second-order valence-electron chi connectivity index (χ2n) is 5.63. The zero-order valence-corrected chi connectivity index (χ0v) is 13.9. The highest BCUT2D eigenvalue weighted by Crippen LogP contribution is 2.24. The quantitative estimate of drug-likeness (QED) is 0.808. The summed E-state index contributed by atoms with van der Waals surface area (Å²) >= 11 is 0. The molecular formula is C17H19NO6. The van der Waals surface area contributed by atoms with Crippen molar-refractivity contribution in [2.75, 3.05) is 0 Å².